The van der Waals surface area contributed by atoms with Gasteiger partial charge in [0.25, 0.3) is 0 Å². The second-order valence-corrected chi connectivity index (χ2v) is 7.21. The van der Waals surface area contributed by atoms with Gasteiger partial charge < -0.3 is 5.73 Å². The second-order valence-electron chi connectivity index (χ2n) is 5.56. The van der Waals surface area contributed by atoms with Gasteiger partial charge in [-0.2, -0.15) is 0 Å². The first-order valence-corrected chi connectivity index (χ1v) is 8.37. The third-order valence-corrected chi connectivity index (χ3v) is 5.72. The maximum atomic E-state index is 13.1. The average molecular weight is 300 g/mol. The Labute approximate surface area is 119 Å². The molecule has 1 aliphatic rings. The molecule has 1 aliphatic carbocycles. The van der Waals surface area contributed by atoms with Crippen LogP contribution < -0.4 is 10.5 Å². The SMILES string of the molecule is Cc1cc(F)ccc1S(=O)(=O)NC1(CN)CCCCC1. The Morgan fingerprint density at radius 3 is 2.50 bits per heavy atom. The van der Waals surface area contributed by atoms with Gasteiger partial charge >= 0.3 is 0 Å². The van der Waals surface area contributed by atoms with Crippen LogP contribution in [0.15, 0.2) is 23.1 Å². The lowest BCUT2D eigenvalue weighted by Crippen LogP contribution is -2.54. The van der Waals surface area contributed by atoms with Crippen molar-refractivity contribution in [2.75, 3.05) is 6.54 Å². The zero-order chi connectivity index (χ0) is 14.8. The molecule has 0 radical (unpaired) electrons. The van der Waals surface area contributed by atoms with Crippen LogP contribution in [0.3, 0.4) is 0 Å². The van der Waals surface area contributed by atoms with Crippen LogP contribution in [0, 0.1) is 12.7 Å². The summed E-state index contributed by atoms with van der Waals surface area (Å²) in [4.78, 5) is 0.122. The van der Waals surface area contributed by atoms with Gasteiger partial charge in [-0.1, -0.05) is 19.3 Å². The standard InChI is InChI=1S/C14H21FN2O2S/c1-11-9-12(15)5-6-13(11)20(18,19)17-14(10-16)7-3-2-4-8-14/h5-6,9,17H,2-4,7-8,10,16H2,1H3. The van der Waals surface area contributed by atoms with E-state index < -0.39 is 21.4 Å². The molecule has 0 bridgehead atoms. The van der Waals surface area contributed by atoms with Gasteiger partial charge in [0.1, 0.15) is 5.82 Å². The molecule has 20 heavy (non-hydrogen) atoms. The van der Waals surface area contributed by atoms with Gasteiger partial charge in [-0.3, -0.25) is 0 Å². The predicted octanol–water partition coefficient (Wildman–Crippen LogP) is 2.07. The van der Waals surface area contributed by atoms with E-state index in [0.717, 1.165) is 38.2 Å². The van der Waals surface area contributed by atoms with E-state index in [4.69, 9.17) is 5.73 Å². The summed E-state index contributed by atoms with van der Waals surface area (Å²) in [6, 6.07) is 3.70. The van der Waals surface area contributed by atoms with Crippen molar-refractivity contribution in [1.29, 1.82) is 0 Å². The fraction of sp³-hybridized carbons (Fsp3) is 0.571. The number of sulfonamides is 1. The summed E-state index contributed by atoms with van der Waals surface area (Å²) in [6.07, 6.45) is 4.56. The van der Waals surface area contributed by atoms with E-state index in [2.05, 4.69) is 4.72 Å². The lowest BCUT2D eigenvalue weighted by atomic mass is 9.83. The molecule has 0 spiro atoms. The van der Waals surface area contributed by atoms with Crippen LogP contribution in [0.5, 0.6) is 0 Å². The van der Waals surface area contributed by atoms with E-state index in [9.17, 15) is 12.8 Å². The van der Waals surface area contributed by atoms with Crippen molar-refractivity contribution >= 4 is 10.0 Å². The van der Waals surface area contributed by atoms with Gasteiger partial charge in [0.05, 0.1) is 4.90 Å². The monoisotopic (exact) mass is 300 g/mol. The lowest BCUT2D eigenvalue weighted by Gasteiger charge is -2.36. The molecule has 1 fully saturated rings. The molecular weight excluding hydrogens is 279 g/mol. The van der Waals surface area contributed by atoms with Crippen LogP contribution in [-0.2, 0) is 10.0 Å². The van der Waals surface area contributed by atoms with Crippen LogP contribution >= 0.6 is 0 Å². The van der Waals surface area contributed by atoms with Crippen molar-refractivity contribution in [3.05, 3.63) is 29.6 Å². The van der Waals surface area contributed by atoms with Crippen LogP contribution in [0.2, 0.25) is 0 Å². The zero-order valence-corrected chi connectivity index (χ0v) is 12.5. The zero-order valence-electron chi connectivity index (χ0n) is 11.7. The highest BCUT2D eigenvalue weighted by molar-refractivity contribution is 7.89. The number of nitrogens with two attached hydrogens (primary N) is 1. The first-order valence-electron chi connectivity index (χ1n) is 6.89. The fourth-order valence-electron chi connectivity index (χ4n) is 2.83. The second kappa shape index (κ2) is 5.79. The first-order chi connectivity index (χ1) is 9.38. The smallest absolute Gasteiger partial charge is 0.241 e. The Bertz CT molecular complexity index is 581. The Kier molecular flexibility index (Phi) is 4.46. The van der Waals surface area contributed by atoms with Gasteiger partial charge in [0.15, 0.2) is 0 Å². The number of rotatable bonds is 4. The minimum atomic E-state index is -3.67. The van der Waals surface area contributed by atoms with E-state index >= 15 is 0 Å². The topological polar surface area (TPSA) is 72.2 Å². The Balaban J connectivity index is 2.30. The van der Waals surface area contributed by atoms with Crippen molar-refractivity contribution in [3.8, 4) is 0 Å². The van der Waals surface area contributed by atoms with Crippen LogP contribution in [-0.4, -0.2) is 20.5 Å². The highest BCUT2D eigenvalue weighted by Crippen LogP contribution is 2.29. The molecule has 1 aromatic rings. The molecule has 1 saturated carbocycles. The molecule has 1 aromatic carbocycles. The van der Waals surface area contributed by atoms with E-state index in [0.29, 0.717) is 5.56 Å². The number of halogens is 1. The quantitative estimate of drug-likeness (QED) is 0.894. The molecular formula is C14H21FN2O2S. The normalized spacial score (nSPS) is 18.9. The summed E-state index contributed by atoms with van der Waals surface area (Å²) in [7, 11) is -3.67. The number of benzene rings is 1. The highest BCUT2D eigenvalue weighted by Gasteiger charge is 2.35. The van der Waals surface area contributed by atoms with Crippen LogP contribution in [0.25, 0.3) is 0 Å². The number of hydrogen-bond acceptors (Lipinski definition) is 3. The fourth-order valence-corrected chi connectivity index (χ4v) is 4.53. The summed E-state index contributed by atoms with van der Waals surface area (Å²) in [6.45, 7) is 1.88. The Hall–Kier alpha value is -0.980. The molecule has 112 valence electrons. The third-order valence-electron chi connectivity index (χ3n) is 3.98. The molecule has 4 nitrogen and oxygen atoms in total. The van der Waals surface area contributed by atoms with Gasteiger partial charge in [-0.25, -0.2) is 17.5 Å². The van der Waals surface area contributed by atoms with Crippen molar-refractivity contribution in [2.24, 2.45) is 5.73 Å². The summed E-state index contributed by atoms with van der Waals surface area (Å²) < 4.78 is 40.9. The van der Waals surface area contributed by atoms with Crippen molar-refractivity contribution in [3.63, 3.8) is 0 Å². The Morgan fingerprint density at radius 1 is 1.30 bits per heavy atom. The first kappa shape index (κ1) is 15.4. The summed E-state index contributed by atoms with van der Waals surface area (Å²) in [5.74, 6) is -0.437. The minimum Gasteiger partial charge on any atom is -0.329 e. The molecule has 2 rings (SSSR count). The predicted molar refractivity (Wildman–Crippen MR) is 76.3 cm³/mol. The van der Waals surface area contributed by atoms with E-state index in [-0.39, 0.29) is 11.4 Å². The summed E-state index contributed by atoms with van der Waals surface area (Å²) in [5, 5.41) is 0. The van der Waals surface area contributed by atoms with Crippen molar-refractivity contribution in [1.82, 2.24) is 4.72 Å². The Morgan fingerprint density at radius 2 is 1.95 bits per heavy atom. The van der Waals surface area contributed by atoms with E-state index in [1.54, 1.807) is 6.92 Å². The maximum Gasteiger partial charge on any atom is 0.241 e. The van der Waals surface area contributed by atoms with Crippen molar-refractivity contribution in [2.45, 2.75) is 49.5 Å². The molecule has 0 aliphatic heterocycles. The number of aryl methyl sites for hydroxylation is 1. The average Bonchev–Trinajstić information content (AvgIpc) is 2.38. The third kappa shape index (κ3) is 3.19. The largest absolute Gasteiger partial charge is 0.329 e. The molecule has 0 atom stereocenters. The number of nitrogens with one attached hydrogen (secondary N) is 1. The molecule has 0 unspecified atom stereocenters. The highest BCUT2D eigenvalue weighted by atomic mass is 32.2. The molecule has 0 aromatic heterocycles. The lowest BCUT2D eigenvalue weighted by molar-refractivity contribution is 0.276. The summed E-state index contributed by atoms with van der Waals surface area (Å²) >= 11 is 0. The minimum absolute atomic E-state index is 0.122. The molecule has 0 heterocycles. The van der Waals surface area contributed by atoms with E-state index in [1.165, 1.54) is 12.1 Å². The number of hydrogen-bond donors (Lipinski definition) is 2. The van der Waals surface area contributed by atoms with Gasteiger partial charge in [-0.15, -0.1) is 0 Å². The van der Waals surface area contributed by atoms with Gasteiger partial charge in [0.2, 0.25) is 10.0 Å². The van der Waals surface area contributed by atoms with Crippen LogP contribution in [0.1, 0.15) is 37.7 Å². The summed E-state index contributed by atoms with van der Waals surface area (Å²) in [5.41, 5.74) is 5.64. The van der Waals surface area contributed by atoms with Crippen molar-refractivity contribution < 1.29 is 12.8 Å². The van der Waals surface area contributed by atoms with Gasteiger partial charge in [0, 0.05) is 12.1 Å². The van der Waals surface area contributed by atoms with Gasteiger partial charge in [-0.05, 0) is 43.5 Å². The molecule has 3 N–H and O–H groups in total. The van der Waals surface area contributed by atoms with E-state index in [1.807, 2.05) is 0 Å². The molecule has 0 amide bonds. The maximum absolute atomic E-state index is 13.1. The molecule has 0 saturated heterocycles. The molecule has 6 heteroatoms. The van der Waals surface area contributed by atoms with Crippen LogP contribution in [0.4, 0.5) is 4.39 Å².